The zero-order valence-electron chi connectivity index (χ0n) is 11.3. The van der Waals surface area contributed by atoms with Crippen LogP contribution in [0.3, 0.4) is 0 Å². The first kappa shape index (κ1) is 15.5. The van der Waals surface area contributed by atoms with Crippen molar-refractivity contribution in [3.8, 4) is 0 Å². The Kier molecular flexibility index (Phi) is 5.31. The van der Waals surface area contributed by atoms with E-state index in [2.05, 4.69) is 15.5 Å². The lowest BCUT2D eigenvalue weighted by molar-refractivity contribution is 0.0954. The lowest BCUT2D eigenvalue weighted by Crippen LogP contribution is -2.20. The highest BCUT2D eigenvalue weighted by Crippen LogP contribution is 2.23. The molecule has 1 amide bonds. The molecule has 0 spiro atoms. The van der Waals surface area contributed by atoms with Crippen LogP contribution in [0.15, 0.2) is 47.8 Å². The summed E-state index contributed by atoms with van der Waals surface area (Å²) in [6, 6.07) is 8.49. The number of aromatic nitrogens is 1. The van der Waals surface area contributed by atoms with Gasteiger partial charge in [0, 0.05) is 18.0 Å². The van der Waals surface area contributed by atoms with Gasteiger partial charge in [-0.25, -0.2) is 5.43 Å². The molecule has 0 saturated heterocycles. The highest BCUT2D eigenvalue weighted by molar-refractivity contribution is 6.42. The molecule has 1 heterocycles. The predicted molar refractivity (Wildman–Crippen MR) is 85.0 cm³/mol. The van der Waals surface area contributed by atoms with Crippen molar-refractivity contribution in [1.29, 1.82) is 0 Å². The number of rotatable bonds is 4. The van der Waals surface area contributed by atoms with Gasteiger partial charge >= 0.3 is 0 Å². The zero-order chi connectivity index (χ0) is 15.2. The van der Waals surface area contributed by atoms with Crippen LogP contribution >= 0.6 is 23.2 Å². The molecule has 2 aromatic rings. The van der Waals surface area contributed by atoms with Gasteiger partial charge in [-0.2, -0.15) is 5.10 Å². The van der Waals surface area contributed by atoms with Gasteiger partial charge in [0.15, 0.2) is 0 Å². The molecule has 1 aromatic heterocycles. The number of carbonyl (C=O) groups is 1. The molecule has 0 aliphatic rings. The minimum Gasteiger partial charge on any atom is -0.267 e. The molecule has 4 nitrogen and oxygen atoms in total. The van der Waals surface area contributed by atoms with Gasteiger partial charge in [-0.1, -0.05) is 36.2 Å². The summed E-state index contributed by atoms with van der Waals surface area (Å²) in [4.78, 5) is 15.8. The standard InChI is InChI=1S/C15H13Cl2N3O/c1-2-14(11-3-4-12(16)13(17)9-11)19-20-15(21)10-5-7-18-8-6-10/h3-9H,2H2,1H3,(H,20,21)/b19-14-. The lowest BCUT2D eigenvalue weighted by Gasteiger charge is -2.06. The number of carbonyl (C=O) groups excluding carboxylic acids is 1. The minimum atomic E-state index is -0.289. The van der Waals surface area contributed by atoms with Crippen molar-refractivity contribution in [2.75, 3.05) is 0 Å². The van der Waals surface area contributed by atoms with Gasteiger partial charge in [0.25, 0.3) is 5.91 Å². The van der Waals surface area contributed by atoms with Crippen molar-refractivity contribution in [3.63, 3.8) is 0 Å². The number of halogens is 2. The van der Waals surface area contributed by atoms with Gasteiger partial charge < -0.3 is 0 Å². The van der Waals surface area contributed by atoms with Crippen molar-refractivity contribution in [3.05, 3.63) is 63.9 Å². The Morgan fingerprint density at radius 2 is 1.86 bits per heavy atom. The molecule has 0 radical (unpaired) electrons. The number of nitrogens with zero attached hydrogens (tertiary/aromatic N) is 2. The van der Waals surface area contributed by atoms with Gasteiger partial charge in [0.2, 0.25) is 0 Å². The van der Waals surface area contributed by atoms with Gasteiger partial charge in [-0.3, -0.25) is 9.78 Å². The first-order valence-electron chi connectivity index (χ1n) is 6.34. The van der Waals surface area contributed by atoms with Crippen molar-refractivity contribution in [1.82, 2.24) is 10.4 Å². The van der Waals surface area contributed by atoms with Crippen LogP contribution in [0.2, 0.25) is 10.0 Å². The number of hydrogen-bond donors (Lipinski definition) is 1. The third-order valence-corrected chi connectivity index (χ3v) is 3.56. The molecule has 1 aromatic carbocycles. The summed E-state index contributed by atoms with van der Waals surface area (Å²) in [6.07, 6.45) is 3.76. The third-order valence-electron chi connectivity index (χ3n) is 2.82. The summed E-state index contributed by atoms with van der Waals surface area (Å²) in [7, 11) is 0. The van der Waals surface area contributed by atoms with E-state index in [-0.39, 0.29) is 5.91 Å². The van der Waals surface area contributed by atoms with E-state index in [1.807, 2.05) is 13.0 Å². The molecule has 2 rings (SSSR count). The molecule has 1 N–H and O–H groups in total. The van der Waals surface area contributed by atoms with E-state index in [0.29, 0.717) is 22.0 Å². The van der Waals surface area contributed by atoms with Crippen LogP contribution in [0, 0.1) is 0 Å². The van der Waals surface area contributed by atoms with Crippen LogP contribution in [-0.4, -0.2) is 16.6 Å². The highest BCUT2D eigenvalue weighted by atomic mass is 35.5. The maximum Gasteiger partial charge on any atom is 0.271 e. The van der Waals surface area contributed by atoms with Crippen LogP contribution in [0.1, 0.15) is 29.3 Å². The van der Waals surface area contributed by atoms with Crippen molar-refractivity contribution in [2.24, 2.45) is 5.10 Å². The third kappa shape index (κ3) is 4.03. The molecule has 0 fully saturated rings. The molecular formula is C15H13Cl2N3O. The Morgan fingerprint density at radius 3 is 2.48 bits per heavy atom. The van der Waals surface area contributed by atoms with Crippen molar-refractivity contribution in [2.45, 2.75) is 13.3 Å². The van der Waals surface area contributed by atoms with E-state index >= 15 is 0 Å². The number of nitrogens with one attached hydrogen (secondary N) is 1. The molecule has 0 atom stereocenters. The van der Waals surface area contributed by atoms with Crippen molar-refractivity contribution < 1.29 is 4.79 Å². The molecule has 0 bridgehead atoms. The smallest absolute Gasteiger partial charge is 0.267 e. The predicted octanol–water partition coefficient (Wildman–Crippen LogP) is 3.93. The fourth-order valence-electron chi connectivity index (χ4n) is 1.71. The molecule has 6 heteroatoms. The van der Waals surface area contributed by atoms with Crippen molar-refractivity contribution >= 4 is 34.8 Å². The summed E-state index contributed by atoms with van der Waals surface area (Å²) in [5.41, 5.74) is 4.57. The Hall–Kier alpha value is -1.91. The van der Waals surface area contributed by atoms with E-state index < -0.39 is 0 Å². The van der Waals surface area contributed by atoms with E-state index in [0.717, 1.165) is 11.3 Å². The second-order valence-electron chi connectivity index (χ2n) is 4.22. The van der Waals surface area contributed by atoms with Gasteiger partial charge in [-0.05, 0) is 36.2 Å². The van der Waals surface area contributed by atoms with Crippen LogP contribution in [-0.2, 0) is 0 Å². The summed E-state index contributed by atoms with van der Waals surface area (Å²) in [6.45, 7) is 1.94. The fourth-order valence-corrected chi connectivity index (χ4v) is 2.01. The highest BCUT2D eigenvalue weighted by Gasteiger charge is 2.07. The molecule has 0 saturated carbocycles. The SMILES string of the molecule is CC/C(=N/NC(=O)c1ccncc1)c1ccc(Cl)c(Cl)c1. The van der Waals surface area contributed by atoms with Gasteiger partial charge in [0.1, 0.15) is 0 Å². The maximum absolute atomic E-state index is 11.9. The molecule has 0 unspecified atom stereocenters. The van der Waals surface area contributed by atoms with E-state index in [1.54, 1.807) is 36.7 Å². The van der Waals surface area contributed by atoms with Gasteiger partial charge in [-0.15, -0.1) is 0 Å². The minimum absolute atomic E-state index is 0.289. The summed E-state index contributed by atoms with van der Waals surface area (Å²) in [5.74, 6) is -0.289. The topological polar surface area (TPSA) is 54.4 Å². The molecule has 0 aliphatic carbocycles. The number of hydrazone groups is 1. The quantitative estimate of drug-likeness (QED) is 0.685. The number of hydrogen-bond acceptors (Lipinski definition) is 3. The van der Waals surface area contributed by atoms with Crippen LogP contribution in [0.4, 0.5) is 0 Å². The van der Waals surface area contributed by atoms with E-state index in [4.69, 9.17) is 23.2 Å². The summed E-state index contributed by atoms with van der Waals surface area (Å²) < 4.78 is 0. The first-order chi connectivity index (χ1) is 10.1. The first-order valence-corrected chi connectivity index (χ1v) is 7.09. The Balaban J connectivity index is 2.17. The second kappa shape index (κ2) is 7.20. The maximum atomic E-state index is 11.9. The van der Waals surface area contributed by atoms with Crippen LogP contribution in [0.5, 0.6) is 0 Å². The number of benzene rings is 1. The largest absolute Gasteiger partial charge is 0.271 e. The molecular weight excluding hydrogens is 309 g/mol. The Labute approximate surface area is 132 Å². The number of pyridine rings is 1. The summed E-state index contributed by atoms with van der Waals surface area (Å²) in [5, 5.41) is 5.09. The fraction of sp³-hybridized carbons (Fsp3) is 0.133. The second-order valence-corrected chi connectivity index (χ2v) is 5.03. The zero-order valence-corrected chi connectivity index (χ0v) is 12.8. The van der Waals surface area contributed by atoms with Gasteiger partial charge in [0.05, 0.1) is 15.8 Å². The summed E-state index contributed by atoms with van der Waals surface area (Å²) >= 11 is 11.9. The Bertz CT molecular complexity index is 672. The molecule has 0 aliphatic heterocycles. The molecule has 108 valence electrons. The van der Waals surface area contributed by atoms with E-state index in [9.17, 15) is 4.79 Å². The van der Waals surface area contributed by atoms with Crippen LogP contribution < -0.4 is 5.43 Å². The van der Waals surface area contributed by atoms with Crippen LogP contribution in [0.25, 0.3) is 0 Å². The normalized spacial score (nSPS) is 11.3. The average Bonchev–Trinajstić information content (AvgIpc) is 2.52. The molecule has 21 heavy (non-hydrogen) atoms. The van der Waals surface area contributed by atoms with E-state index in [1.165, 1.54) is 0 Å². The lowest BCUT2D eigenvalue weighted by atomic mass is 10.1. The average molecular weight is 322 g/mol. The number of amides is 1. The monoisotopic (exact) mass is 321 g/mol. The Morgan fingerprint density at radius 1 is 1.14 bits per heavy atom.